The molecule has 0 atom stereocenters. The zero-order valence-electron chi connectivity index (χ0n) is 12.9. The van der Waals surface area contributed by atoms with E-state index in [0.717, 1.165) is 5.69 Å². The molecule has 1 fully saturated rings. The number of hydrogen-bond donors (Lipinski definition) is 1. The molecule has 2 N–H and O–H groups in total. The molecule has 0 amide bonds. The SMILES string of the molecule is CCCC1(CCC)CN(c2c(C)ccc(N)c2C)C1. The first-order valence-corrected chi connectivity index (χ1v) is 7.63. The molecule has 19 heavy (non-hydrogen) atoms. The lowest BCUT2D eigenvalue weighted by Crippen LogP contribution is -2.56. The fourth-order valence-electron chi connectivity index (χ4n) is 3.76. The number of nitrogens with zero attached hydrogens (tertiary/aromatic N) is 1. The lowest BCUT2D eigenvalue weighted by molar-refractivity contribution is 0.173. The van der Waals surface area contributed by atoms with Gasteiger partial charge < -0.3 is 10.6 Å². The first-order chi connectivity index (χ1) is 9.03. The molecule has 1 saturated heterocycles. The van der Waals surface area contributed by atoms with Crippen molar-refractivity contribution in [1.82, 2.24) is 0 Å². The molecule has 2 nitrogen and oxygen atoms in total. The summed E-state index contributed by atoms with van der Waals surface area (Å²) in [6, 6.07) is 4.18. The molecule has 0 unspecified atom stereocenters. The lowest BCUT2D eigenvalue weighted by atomic mass is 9.72. The van der Waals surface area contributed by atoms with Gasteiger partial charge in [-0.1, -0.05) is 32.8 Å². The van der Waals surface area contributed by atoms with Crippen LogP contribution >= 0.6 is 0 Å². The number of nitrogens with two attached hydrogens (primary N) is 1. The molecule has 0 aromatic heterocycles. The van der Waals surface area contributed by atoms with Gasteiger partial charge in [-0.25, -0.2) is 0 Å². The molecule has 0 saturated carbocycles. The molecule has 0 aliphatic carbocycles. The zero-order chi connectivity index (χ0) is 14.0. The standard InChI is InChI=1S/C17H28N2/c1-5-9-17(10-6-2)11-19(12-17)16-13(3)7-8-15(18)14(16)4/h7-8H,5-6,9-12,18H2,1-4H3. The molecule has 2 rings (SSSR count). The highest BCUT2D eigenvalue weighted by Crippen LogP contribution is 2.44. The minimum Gasteiger partial charge on any atom is -0.398 e. The van der Waals surface area contributed by atoms with Crippen LogP contribution in [0.4, 0.5) is 11.4 Å². The Labute approximate surface area is 118 Å². The smallest absolute Gasteiger partial charge is 0.0446 e. The first kappa shape index (κ1) is 14.2. The van der Waals surface area contributed by atoms with Gasteiger partial charge in [0.25, 0.3) is 0 Å². The summed E-state index contributed by atoms with van der Waals surface area (Å²) in [4.78, 5) is 2.53. The Bertz CT molecular complexity index is 437. The van der Waals surface area contributed by atoms with Gasteiger partial charge in [0.1, 0.15) is 0 Å². The summed E-state index contributed by atoms with van der Waals surface area (Å²) < 4.78 is 0. The summed E-state index contributed by atoms with van der Waals surface area (Å²) in [6.45, 7) is 11.4. The summed E-state index contributed by atoms with van der Waals surface area (Å²) in [5, 5.41) is 0. The predicted molar refractivity (Wildman–Crippen MR) is 84.8 cm³/mol. The third kappa shape index (κ3) is 2.58. The molecule has 1 aromatic rings. The molecule has 0 bridgehead atoms. The van der Waals surface area contributed by atoms with Crippen LogP contribution in [0, 0.1) is 19.3 Å². The van der Waals surface area contributed by atoms with E-state index in [9.17, 15) is 0 Å². The molecule has 0 radical (unpaired) electrons. The topological polar surface area (TPSA) is 29.3 Å². The van der Waals surface area contributed by atoms with Crippen molar-refractivity contribution in [1.29, 1.82) is 0 Å². The van der Waals surface area contributed by atoms with Crippen LogP contribution in [0.3, 0.4) is 0 Å². The fourth-order valence-corrected chi connectivity index (χ4v) is 3.76. The summed E-state index contributed by atoms with van der Waals surface area (Å²) in [5.41, 5.74) is 11.5. The Morgan fingerprint density at radius 2 is 1.68 bits per heavy atom. The molecule has 1 heterocycles. The van der Waals surface area contributed by atoms with Crippen molar-refractivity contribution >= 4 is 11.4 Å². The number of benzene rings is 1. The second-order valence-corrected chi connectivity index (χ2v) is 6.30. The molecular weight excluding hydrogens is 232 g/mol. The Balaban J connectivity index is 2.17. The number of rotatable bonds is 5. The van der Waals surface area contributed by atoms with Gasteiger partial charge in [-0.3, -0.25) is 0 Å². The summed E-state index contributed by atoms with van der Waals surface area (Å²) in [5.74, 6) is 0. The molecule has 1 aromatic carbocycles. The fraction of sp³-hybridized carbons (Fsp3) is 0.647. The van der Waals surface area contributed by atoms with Crippen LogP contribution in [0.5, 0.6) is 0 Å². The first-order valence-electron chi connectivity index (χ1n) is 7.63. The molecule has 1 aliphatic heterocycles. The van der Waals surface area contributed by atoms with Crippen molar-refractivity contribution in [2.24, 2.45) is 5.41 Å². The van der Waals surface area contributed by atoms with Crippen LogP contribution in [0.25, 0.3) is 0 Å². The highest BCUT2D eigenvalue weighted by Gasteiger charge is 2.42. The van der Waals surface area contributed by atoms with E-state index < -0.39 is 0 Å². The van der Waals surface area contributed by atoms with Crippen molar-refractivity contribution in [3.05, 3.63) is 23.3 Å². The van der Waals surface area contributed by atoms with Gasteiger partial charge in [0.05, 0.1) is 0 Å². The minimum absolute atomic E-state index is 0.562. The van der Waals surface area contributed by atoms with Crippen molar-refractivity contribution in [3.8, 4) is 0 Å². The van der Waals surface area contributed by atoms with Crippen molar-refractivity contribution < 1.29 is 0 Å². The van der Waals surface area contributed by atoms with Crippen molar-refractivity contribution in [2.45, 2.75) is 53.4 Å². The monoisotopic (exact) mass is 260 g/mol. The Morgan fingerprint density at radius 1 is 1.11 bits per heavy atom. The van der Waals surface area contributed by atoms with Crippen LogP contribution < -0.4 is 10.6 Å². The Hall–Kier alpha value is -1.18. The average Bonchev–Trinajstić information content (AvgIpc) is 2.32. The number of nitrogen functional groups attached to an aromatic ring is 1. The maximum atomic E-state index is 6.06. The third-order valence-electron chi connectivity index (χ3n) is 4.60. The van der Waals surface area contributed by atoms with Gasteiger partial charge in [0.2, 0.25) is 0 Å². The van der Waals surface area contributed by atoms with E-state index in [1.54, 1.807) is 0 Å². The van der Waals surface area contributed by atoms with Crippen molar-refractivity contribution in [3.63, 3.8) is 0 Å². The van der Waals surface area contributed by atoms with E-state index in [1.165, 1.54) is 55.6 Å². The van der Waals surface area contributed by atoms with Crippen LogP contribution in [-0.4, -0.2) is 13.1 Å². The van der Waals surface area contributed by atoms with Gasteiger partial charge in [-0.15, -0.1) is 0 Å². The number of aryl methyl sites for hydroxylation is 1. The summed E-state index contributed by atoms with van der Waals surface area (Å²) in [7, 11) is 0. The maximum Gasteiger partial charge on any atom is 0.0446 e. The van der Waals surface area contributed by atoms with Crippen LogP contribution in [0.15, 0.2) is 12.1 Å². The predicted octanol–water partition coefficient (Wildman–Crippen LogP) is 4.29. The normalized spacial score (nSPS) is 17.4. The Kier molecular flexibility index (Phi) is 4.07. The van der Waals surface area contributed by atoms with E-state index in [-0.39, 0.29) is 0 Å². The zero-order valence-corrected chi connectivity index (χ0v) is 12.9. The van der Waals surface area contributed by atoms with Crippen LogP contribution in [0.2, 0.25) is 0 Å². The van der Waals surface area contributed by atoms with Gasteiger partial charge >= 0.3 is 0 Å². The van der Waals surface area contributed by atoms with Gasteiger partial charge in [0, 0.05) is 29.9 Å². The van der Waals surface area contributed by atoms with E-state index in [0.29, 0.717) is 5.41 Å². The molecule has 1 aliphatic rings. The quantitative estimate of drug-likeness (QED) is 0.800. The van der Waals surface area contributed by atoms with E-state index >= 15 is 0 Å². The van der Waals surface area contributed by atoms with E-state index in [2.05, 4.69) is 38.7 Å². The second-order valence-electron chi connectivity index (χ2n) is 6.30. The molecule has 0 spiro atoms. The Morgan fingerprint density at radius 3 is 2.21 bits per heavy atom. The maximum absolute atomic E-state index is 6.06. The van der Waals surface area contributed by atoms with Crippen molar-refractivity contribution in [2.75, 3.05) is 23.7 Å². The average molecular weight is 260 g/mol. The number of anilines is 2. The van der Waals surface area contributed by atoms with E-state index in [1.807, 2.05) is 6.07 Å². The highest BCUT2D eigenvalue weighted by molar-refractivity contribution is 5.69. The molecule has 106 valence electrons. The largest absolute Gasteiger partial charge is 0.398 e. The van der Waals surface area contributed by atoms with Gasteiger partial charge in [-0.2, -0.15) is 0 Å². The molecule has 2 heteroatoms. The second kappa shape index (κ2) is 5.44. The lowest BCUT2D eigenvalue weighted by Gasteiger charge is -2.53. The highest BCUT2D eigenvalue weighted by atomic mass is 15.2. The van der Waals surface area contributed by atoms with E-state index in [4.69, 9.17) is 5.73 Å². The van der Waals surface area contributed by atoms with Crippen LogP contribution in [0.1, 0.15) is 50.7 Å². The van der Waals surface area contributed by atoms with Crippen LogP contribution in [-0.2, 0) is 0 Å². The minimum atomic E-state index is 0.562. The summed E-state index contributed by atoms with van der Waals surface area (Å²) in [6.07, 6.45) is 5.31. The third-order valence-corrected chi connectivity index (χ3v) is 4.60. The number of hydrogen-bond acceptors (Lipinski definition) is 2. The summed E-state index contributed by atoms with van der Waals surface area (Å²) >= 11 is 0. The van der Waals surface area contributed by atoms with Gasteiger partial charge in [0.15, 0.2) is 0 Å². The van der Waals surface area contributed by atoms with Gasteiger partial charge in [-0.05, 0) is 43.9 Å². The molecular formula is C17H28N2.